The first-order chi connectivity index (χ1) is 20.6. The molecular weight excluding hydrogens is 526 g/mol. The lowest BCUT2D eigenvalue weighted by molar-refractivity contribution is -0.927. The maximum Gasteiger partial charge on any atom is 0.119 e. The Balaban J connectivity index is 1.52. The van der Waals surface area contributed by atoms with E-state index in [1.165, 1.54) is 70.6 Å². The minimum Gasteiger partial charge on any atom is -0.494 e. The predicted molar refractivity (Wildman–Crippen MR) is 173 cm³/mol. The van der Waals surface area contributed by atoms with Crippen LogP contribution < -0.4 is 9.47 Å². The molecule has 0 heterocycles. The fourth-order valence-electron chi connectivity index (χ4n) is 5.26. The van der Waals surface area contributed by atoms with Crippen molar-refractivity contribution in [3.05, 3.63) is 48.5 Å². The van der Waals surface area contributed by atoms with Gasteiger partial charge in [-0.15, -0.1) is 0 Å². The van der Waals surface area contributed by atoms with Crippen molar-refractivity contribution >= 4 is 11.4 Å². The van der Waals surface area contributed by atoms with Crippen LogP contribution in [-0.4, -0.2) is 67.3 Å². The number of likely N-dealkylation sites (N-methyl/N-ethyl adjacent to an activating group) is 1. The first-order valence-corrected chi connectivity index (χ1v) is 16.6. The minimum absolute atomic E-state index is 0.195. The van der Waals surface area contributed by atoms with E-state index in [4.69, 9.17) is 9.47 Å². The van der Waals surface area contributed by atoms with Gasteiger partial charge < -0.3 is 24.2 Å². The Morgan fingerprint density at radius 2 is 0.929 bits per heavy atom. The van der Waals surface area contributed by atoms with Crippen molar-refractivity contribution in [2.24, 2.45) is 10.2 Å². The lowest BCUT2D eigenvalue weighted by Gasteiger charge is -2.37. The normalized spacial score (nSPS) is 11.8. The van der Waals surface area contributed by atoms with Gasteiger partial charge >= 0.3 is 0 Å². The zero-order chi connectivity index (χ0) is 30.1. The molecule has 236 valence electrons. The average Bonchev–Trinajstić information content (AvgIpc) is 3.01. The fourth-order valence-corrected chi connectivity index (χ4v) is 5.26. The molecule has 2 aromatic carbocycles. The summed E-state index contributed by atoms with van der Waals surface area (Å²) in [5.41, 5.74) is 1.61. The van der Waals surface area contributed by atoms with Crippen LogP contribution in [0.2, 0.25) is 0 Å². The summed E-state index contributed by atoms with van der Waals surface area (Å²) in [7, 11) is 0. The van der Waals surface area contributed by atoms with Gasteiger partial charge in [0.05, 0.1) is 50.9 Å². The van der Waals surface area contributed by atoms with Crippen molar-refractivity contribution < 1.29 is 24.2 Å². The van der Waals surface area contributed by atoms with Crippen molar-refractivity contribution in [1.82, 2.24) is 0 Å². The van der Waals surface area contributed by atoms with E-state index in [0.717, 1.165) is 79.6 Å². The molecule has 0 spiro atoms. The molecule has 0 bridgehead atoms. The second-order valence-corrected chi connectivity index (χ2v) is 11.4. The smallest absolute Gasteiger partial charge is 0.119 e. The van der Waals surface area contributed by atoms with E-state index < -0.39 is 0 Å². The number of aliphatic hydroxyl groups is 2. The van der Waals surface area contributed by atoms with Crippen LogP contribution in [-0.2, 0) is 0 Å². The van der Waals surface area contributed by atoms with E-state index in [0.29, 0.717) is 0 Å². The van der Waals surface area contributed by atoms with E-state index >= 15 is 0 Å². The van der Waals surface area contributed by atoms with Crippen molar-refractivity contribution in [2.45, 2.75) is 97.3 Å². The Hall–Kier alpha value is -2.48. The fraction of sp³-hybridized carbons (Fsp3) is 0.657. The van der Waals surface area contributed by atoms with Crippen LogP contribution in [0.15, 0.2) is 58.8 Å². The van der Waals surface area contributed by atoms with Crippen molar-refractivity contribution in [3.63, 3.8) is 0 Å². The van der Waals surface area contributed by atoms with Crippen molar-refractivity contribution in [1.29, 1.82) is 0 Å². The van der Waals surface area contributed by atoms with Gasteiger partial charge in [-0.2, -0.15) is 10.2 Å². The molecule has 0 unspecified atom stereocenters. The average molecular weight is 585 g/mol. The van der Waals surface area contributed by atoms with Gasteiger partial charge in [0.15, 0.2) is 0 Å². The number of ether oxygens (including phenoxy) is 2. The molecule has 0 amide bonds. The summed E-state index contributed by atoms with van der Waals surface area (Å²) in [4.78, 5) is 0. The Morgan fingerprint density at radius 1 is 0.524 bits per heavy atom. The third kappa shape index (κ3) is 15.7. The number of aliphatic hydroxyl groups excluding tert-OH is 2. The number of azo groups is 1. The monoisotopic (exact) mass is 584 g/mol. The number of benzene rings is 2. The number of hydrogen-bond acceptors (Lipinski definition) is 6. The number of nitrogens with zero attached hydrogens (tertiary/aromatic N) is 3. The summed E-state index contributed by atoms with van der Waals surface area (Å²) in [5.74, 6) is 1.75. The molecule has 2 aromatic rings. The van der Waals surface area contributed by atoms with Gasteiger partial charge in [0.25, 0.3) is 0 Å². The first kappa shape index (κ1) is 35.7. The van der Waals surface area contributed by atoms with E-state index in [9.17, 15) is 10.2 Å². The summed E-state index contributed by atoms with van der Waals surface area (Å²) < 4.78 is 12.6. The number of rotatable bonds is 26. The maximum absolute atomic E-state index is 9.38. The van der Waals surface area contributed by atoms with E-state index in [-0.39, 0.29) is 13.2 Å². The standard InChI is InChI=1S/C35H58N3O4/c1-3-5-6-12-15-30-41-34-21-17-32(18-22-34)36-37-33-19-23-35(24-20-33)42-31-16-13-10-8-7-9-11-14-25-38(4-2,26-28-39)27-29-40/h17-24,39-40H,3-16,25-31H2,1-2H3/q+1. The van der Waals surface area contributed by atoms with Crippen LogP contribution in [0.4, 0.5) is 11.4 Å². The van der Waals surface area contributed by atoms with Gasteiger partial charge in [0.2, 0.25) is 0 Å². The highest BCUT2D eigenvalue weighted by atomic mass is 16.5. The number of quaternary nitrogens is 1. The van der Waals surface area contributed by atoms with Crippen LogP contribution in [0.25, 0.3) is 0 Å². The van der Waals surface area contributed by atoms with E-state index in [2.05, 4.69) is 24.1 Å². The van der Waals surface area contributed by atoms with Crippen LogP contribution in [0, 0.1) is 0 Å². The number of hydrogen-bond donors (Lipinski definition) is 2. The Kier molecular flexibility index (Phi) is 19.6. The Morgan fingerprint density at radius 3 is 1.33 bits per heavy atom. The SMILES string of the molecule is CCCCCCCOc1ccc(N=Nc2ccc(OCCCCCCCCCC[N+](CC)(CCO)CCO)cc2)cc1. The molecule has 0 aliphatic rings. The molecule has 0 saturated carbocycles. The van der Waals surface area contributed by atoms with Gasteiger partial charge in [-0.3, -0.25) is 0 Å². The summed E-state index contributed by atoms with van der Waals surface area (Å²) in [6, 6.07) is 15.6. The molecule has 2 rings (SSSR count). The zero-order valence-corrected chi connectivity index (χ0v) is 26.5. The Labute approximate surface area is 255 Å². The van der Waals surface area contributed by atoms with Crippen LogP contribution in [0.5, 0.6) is 11.5 Å². The molecule has 0 aromatic heterocycles. The lowest BCUT2D eigenvalue weighted by Crippen LogP contribution is -2.52. The summed E-state index contributed by atoms with van der Waals surface area (Å²) in [6.45, 7) is 9.81. The van der Waals surface area contributed by atoms with Crippen molar-refractivity contribution in [3.8, 4) is 11.5 Å². The Bertz CT molecular complexity index is 928. The van der Waals surface area contributed by atoms with Gasteiger partial charge in [-0.1, -0.05) is 64.7 Å². The third-order valence-corrected chi connectivity index (χ3v) is 8.09. The summed E-state index contributed by atoms with van der Waals surface area (Å²) in [5, 5.41) is 27.4. The van der Waals surface area contributed by atoms with Gasteiger partial charge in [-0.25, -0.2) is 0 Å². The largest absolute Gasteiger partial charge is 0.494 e. The number of unbranched alkanes of at least 4 members (excludes halogenated alkanes) is 11. The molecular formula is C35H58N3O4+. The molecule has 42 heavy (non-hydrogen) atoms. The third-order valence-electron chi connectivity index (χ3n) is 8.09. The second-order valence-electron chi connectivity index (χ2n) is 11.4. The van der Waals surface area contributed by atoms with E-state index in [1.807, 2.05) is 48.5 Å². The topological polar surface area (TPSA) is 83.6 Å². The predicted octanol–water partition coefficient (Wildman–Crippen LogP) is 8.77. The summed E-state index contributed by atoms with van der Waals surface area (Å²) in [6.07, 6.45) is 15.9. The van der Waals surface area contributed by atoms with E-state index in [1.54, 1.807) is 0 Å². The minimum atomic E-state index is 0.195. The molecule has 7 nitrogen and oxygen atoms in total. The first-order valence-electron chi connectivity index (χ1n) is 16.6. The molecule has 0 radical (unpaired) electrons. The zero-order valence-electron chi connectivity index (χ0n) is 26.5. The lowest BCUT2D eigenvalue weighted by atomic mass is 10.1. The van der Waals surface area contributed by atoms with Crippen LogP contribution in [0.3, 0.4) is 0 Å². The highest BCUT2D eigenvalue weighted by Gasteiger charge is 2.23. The molecule has 0 aliphatic carbocycles. The molecule has 0 atom stereocenters. The molecule has 2 N–H and O–H groups in total. The van der Waals surface area contributed by atoms with Crippen LogP contribution >= 0.6 is 0 Å². The highest BCUT2D eigenvalue weighted by molar-refractivity contribution is 5.44. The molecule has 0 aliphatic heterocycles. The second kappa shape index (κ2) is 23.0. The van der Waals surface area contributed by atoms with Crippen LogP contribution in [0.1, 0.15) is 97.3 Å². The van der Waals surface area contributed by atoms with Crippen molar-refractivity contribution in [2.75, 3.05) is 52.6 Å². The maximum atomic E-state index is 9.38. The molecule has 0 fully saturated rings. The van der Waals surface area contributed by atoms with Gasteiger partial charge in [0, 0.05) is 0 Å². The van der Waals surface area contributed by atoms with Gasteiger partial charge in [-0.05, 0) is 81.1 Å². The highest BCUT2D eigenvalue weighted by Crippen LogP contribution is 2.23. The molecule has 7 heteroatoms. The molecule has 0 saturated heterocycles. The summed E-state index contributed by atoms with van der Waals surface area (Å²) >= 11 is 0. The quantitative estimate of drug-likeness (QED) is 0.0658. The van der Waals surface area contributed by atoms with Gasteiger partial charge in [0.1, 0.15) is 24.6 Å².